The number of anilines is 3. The zero-order valence-electron chi connectivity index (χ0n) is 15.7. The fraction of sp³-hybridized carbons (Fsp3) is 0.158. The first kappa shape index (κ1) is 22.5. The number of hydrogen-bond donors (Lipinski definition) is 2. The van der Waals surface area contributed by atoms with Crippen LogP contribution in [-0.4, -0.2) is 38.7 Å². The maximum Gasteiger partial charge on any atom is 0.209 e. The first-order valence-electron chi connectivity index (χ1n) is 8.56. The van der Waals surface area contributed by atoms with Crippen molar-refractivity contribution in [3.63, 3.8) is 0 Å². The summed E-state index contributed by atoms with van der Waals surface area (Å²) in [5.41, 5.74) is 6.67. The number of carbonyl (C=O) groups is 1. The highest BCUT2D eigenvalue weighted by atomic mass is 35.5. The van der Waals surface area contributed by atoms with Gasteiger partial charge in [-0.15, -0.1) is 0 Å². The van der Waals surface area contributed by atoms with Gasteiger partial charge >= 0.3 is 0 Å². The highest BCUT2D eigenvalue weighted by Gasteiger charge is 2.22. The molecule has 0 aliphatic heterocycles. The van der Waals surface area contributed by atoms with Crippen LogP contribution in [-0.2, 0) is 14.6 Å². The summed E-state index contributed by atoms with van der Waals surface area (Å²) in [7, 11) is -1.97. The third-order valence-corrected chi connectivity index (χ3v) is 7.38. The van der Waals surface area contributed by atoms with Crippen molar-refractivity contribution in [1.82, 2.24) is 4.98 Å². The molecule has 2 aromatic carbocycles. The molecule has 0 spiro atoms. The quantitative estimate of drug-likeness (QED) is 0.453. The molecule has 3 aromatic rings. The molecule has 158 valence electrons. The van der Waals surface area contributed by atoms with E-state index in [1.165, 1.54) is 19.2 Å². The monoisotopic (exact) mass is 485 g/mol. The number of hydrogen-bond acceptors (Lipinski definition) is 8. The van der Waals surface area contributed by atoms with Gasteiger partial charge in [-0.25, -0.2) is 13.4 Å². The minimum Gasteiger partial charge on any atom is -0.384 e. The van der Waals surface area contributed by atoms with Crippen LogP contribution in [0.15, 0.2) is 47.4 Å². The topological polar surface area (TPSA) is 111 Å². The third kappa shape index (κ3) is 4.93. The van der Waals surface area contributed by atoms with Crippen molar-refractivity contribution in [1.29, 1.82) is 0 Å². The first-order chi connectivity index (χ1) is 14.2. The Morgan fingerprint density at radius 2 is 1.80 bits per heavy atom. The molecule has 0 aliphatic rings. The van der Waals surface area contributed by atoms with E-state index in [1.54, 1.807) is 30.3 Å². The number of carbonyl (C=O) groups excluding carboxylic acids is 1. The SMILES string of the molecule is COCCS(=O)(=O)c1ccc(Nc2nc(N)c(C(=O)c3c(Cl)cccc3Cl)s2)cc1. The van der Waals surface area contributed by atoms with Gasteiger partial charge in [0.1, 0.15) is 10.7 Å². The average Bonchev–Trinajstić information content (AvgIpc) is 3.06. The van der Waals surface area contributed by atoms with Crippen molar-refractivity contribution in [2.75, 3.05) is 30.5 Å². The molecule has 0 atom stereocenters. The highest BCUT2D eigenvalue weighted by molar-refractivity contribution is 7.91. The minimum absolute atomic E-state index is 0.0437. The summed E-state index contributed by atoms with van der Waals surface area (Å²) in [4.78, 5) is 17.4. The van der Waals surface area contributed by atoms with Crippen molar-refractivity contribution >= 4 is 66.8 Å². The molecule has 3 rings (SSSR count). The maximum atomic E-state index is 12.8. The number of nitrogens with zero attached hydrogens (tertiary/aromatic N) is 1. The zero-order valence-corrected chi connectivity index (χ0v) is 18.8. The summed E-state index contributed by atoms with van der Waals surface area (Å²) in [5.74, 6) is -0.481. The number of aromatic nitrogens is 1. The number of nitrogens with two attached hydrogens (primary N) is 1. The van der Waals surface area contributed by atoms with Crippen LogP contribution in [0.3, 0.4) is 0 Å². The van der Waals surface area contributed by atoms with Gasteiger partial charge in [-0.2, -0.15) is 0 Å². The summed E-state index contributed by atoms with van der Waals surface area (Å²) in [6, 6.07) is 11.0. The van der Waals surface area contributed by atoms with E-state index >= 15 is 0 Å². The Morgan fingerprint density at radius 1 is 1.17 bits per heavy atom. The summed E-state index contributed by atoms with van der Waals surface area (Å²) < 4.78 is 29.2. The molecular formula is C19H17Cl2N3O4S2. The van der Waals surface area contributed by atoms with Gasteiger partial charge in [0.05, 0.1) is 32.9 Å². The molecule has 11 heteroatoms. The molecule has 0 amide bonds. The number of nitrogen functional groups attached to an aromatic ring is 1. The third-order valence-electron chi connectivity index (χ3n) is 4.07. The predicted molar refractivity (Wildman–Crippen MR) is 120 cm³/mol. The minimum atomic E-state index is -3.42. The average molecular weight is 486 g/mol. The lowest BCUT2D eigenvalue weighted by Gasteiger charge is -2.06. The normalized spacial score (nSPS) is 11.4. The van der Waals surface area contributed by atoms with Crippen molar-refractivity contribution in [2.45, 2.75) is 4.90 Å². The van der Waals surface area contributed by atoms with Crippen LogP contribution in [0, 0.1) is 0 Å². The Labute approximate surface area is 187 Å². The molecule has 0 radical (unpaired) electrons. The van der Waals surface area contributed by atoms with E-state index < -0.39 is 15.6 Å². The zero-order chi connectivity index (χ0) is 21.9. The second kappa shape index (κ2) is 9.32. The summed E-state index contributed by atoms with van der Waals surface area (Å²) in [6.45, 7) is 0.118. The second-order valence-corrected chi connectivity index (χ2v) is 10.0. The van der Waals surface area contributed by atoms with Crippen LogP contribution < -0.4 is 11.1 Å². The lowest BCUT2D eigenvalue weighted by Crippen LogP contribution is -2.11. The summed E-state index contributed by atoms with van der Waals surface area (Å²) in [6.07, 6.45) is 0. The lowest BCUT2D eigenvalue weighted by atomic mass is 10.1. The molecule has 1 aromatic heterocycles. The lowest BCUT2D eigenvalue weighted by molar-refractivity contribution is 0.104. The van der Waals surface area contributed by atoms with E-state index in [9.17, 15) is 13.2 Å². The van der Waals surface area contributed by atoms with Gasteiger partial charge in [0.15, 0.2) is 15.0 Å². The van der Waals surface area contributed by atoms with Gasteiger partial charge in [-0.05, 0) is 36.4 Å². The Balaban J connectivity index is 1.80. The standard InChI is InChI=1S/C19H17Cl2N3O4S2/c1-28-9-10-30(26,27)12-7-5-11(6-8-12)23-19-24-18(22)17(29-19)16(25)15-13(20)3-2-4-14(15)21/h2-8H,9-10,22H2,1H3,(H,23,24). The molecule has 0 aliphatic carbocycles. The van der Waals surface area contributed by atoms with E-state index in [1.807, 2.05) is 0 Å². The Morgan fingerprint density at radius 3 is 2.40 bits per heavy atom. The molecule has 0 unspecified atom stereocenters. The molecule has 1 heterocycles. The van der Waals surface area contributed by atoms with Crippen LogP contribution in [0.4, 0.5) is 16.6 Å². The van der Waals surface area contributed by atoms with Crippen LogP contribution in [0.25, 0.3) is 0 Å². The molecule has 0 bridgehead atoms. The number of sulfone groups is 1. The van der Waals surface area contributed by atoms with Crippen molar-refractivity contribution in [3.8, 4) is 0 Å². The number of halogens is 2. The van der Waals surface area contributed by atoms with E-state index in [-0.39, 0.29) is 43.6 Å². The van der Waals surface area contributed by atoms with Crippen molar-refractivity contribution in [3.05, 3.63) is 63.0 Å². The van der Waals surface area contributed by atoms with Crippen LogP contribution in [0.2, 0.25) is 10.0 Å². The van der Waals surface area contributed by atoms with Crippen LogP contribution >= 0.6 is 34.5 Å². The molecule has 0 fully saturated rings. The second-order valence-electron chi connectivity index (χ2n) is 6.12. The van der Waals surface area contributed by atoms with Crippen LogP contribution in [0.5, 0.6) is 0 Å². The fourth-order valence-electron chi connectivity index (χ4n) is 2.56. The first-order valence-corrected chi connectivity index (χ1v) is 11.8. The molecular weight excluding hydrogens is 469 g/mol. The summed E-state index contributed by atoms with van der Waals surface area (Å²) >= 11 is 13.3. The van der Waals surface area contributed by atoms with Gasteiger partial charge in [0.25, 0.3) is 0 Å². The van der Waals surface area contributed by atoms with Crippen molar-refractivity contribution in [2.24, 2.45) is 0 Å². The van der Waals surface area contributed by atoms with Gasteiger partial charge in [0.2, 0.25) is 5.78 Å². The van der Waals surface area contributed by atoms with E-state index in [0.29, 0.717) is 10.8 Å². The largest absolute Gasteiger partial charge is 0.384 e. The number of nitrogens with one attached hydrogen (secondary N) is 1. The number of thiazole rings is 1. The Bertz CT molecular complexity index is 1160. The summed E-state index contributed by atoms with van der Waals surface area (Å²) in [5, 5.41) is 3.83. The molecule has 3 N–H and O–H groups in total. The van der Waals surface area contributed by atoms with Gasteiger partial charge in [0, 0.05) is 12.8 Å². The number of ketones is 1. The Hall–Kier alpha value is -2.17. The number of ether oxygens (including phenoxy) is 1. The van der Waals surface area contributed by atoms with Gasteiger partial charge in [-0.3, -0.25) is 4.79 Å². The van der Waals surface area contributed by atoms with Crippen LogP contribution in [0.1, 0.15) is 15.2 Å². The molecule has 0 saturated carbocycles. The maximum absolute atomic E-state index is 12.8. The Kier molecular flexibility index (Phi) is 6.99. The number of benzene rings is 2. The number of methoxy groups -OCH3 is 1. The molecule has 7 nitrogen and oxygen atoms in total. The fourth-order valence-corrected chi connectivity index (χ4v) is 5.15. The number of rotatable bonds is 8. The van der Waals surface area contributed by atoms with E-state index in [2.05, 4.69) is 10.3 Å². The smallest absolute Gasteiger partial charge is 0.209 e. The predicted octanol–water partition coefficient (Wildman–Crippen LogP) is 4.43. The molecule has 30 heavy (non-hydrogen) atoms. The van der Waals surface area contributed by atoms with E-state index in [0.717, 1.165) is 11.3 Å². The van der Waals surface area contributed by atoms with Crippen molar-refractivity contribution < 1.29 is 17.9 Å². The molecule has 0 saturated heterocycles. The highest BCUT2D eigenvalue weighted by Crippen LogP contribution is 2.34. The van der Waals surface area contributed by atoms with E-state index in [4.69, 9.17) is 33.7 Å². The van der Waals surface area contributed by atoms with Gasteiger partial charge in [-0.1, -0.05) is 40.6 Å². The van der Waals surface area contributed by atoms with Gasteiger partial charge < -0.3 is 15.8 Å².